The van der Waals surface area contributed by atoms with Crippen molar-refractivity contribution in [2.45, 2.75) is 24.1 Å². The van der Waals surface area contributed by atoms with Crippen LogP contribution in [0.2, 0.25) is 0 Å². The SMILES string of the molecule is [2H]C([2H])(O)[C@H]1O[C@@H](n2ccc(=O)[nH]c2=O)C(F)(C#CCF)[C@H]1O. The highest BCUT2D eigenvalue weighted by Gasteiger charge is 2.57. The van der Waals surface area contributed by atoms with Gasteiger partial charge in [0.15, 0.2) is 6.23 Å². The average molecular weight is 304 g/mol. The highest BCUT2D eigenvalue weighted by molar-refractivity contribution is 5.23. The molecule has 2 heterocycles. The van der Waals surface area contributed by atoms with Crippen LogP contribution in [0.5, 0.6) is 0 Å². The molecule has 1 aromatic heterocycles. The van der Waals surface area contributed by atoms with Crippen molar-refractivity contribution in [3.8, 4) is 11.8 Å². The highest BCUT2D eigenvalue weighted by Crippen LogP contribution is 2.40. The lowest BCUT2D eigenvalue weighted by atomic mass is 9.96. The van der Waals surface area contributed by atoms with Crippen LogP contribution in [-0.4, -0.2) is 50.9 Å². The maximum absolute atomic E-state index is 15.1. The normalized spacial score (nSPS) is 33.8. The van der Waals surface area contributed by atoms with Crippen LogP contribution >= 0.6 is 0 Å². The maximum atomic E-state index is 15.1. The highest BCUT2D eigenvalue weighted by atomic mass is 19.1. The van der Waals surface area contributed by atoms with Gasteiger partial charge in [-0.25, -0.2) is 13.6 Å². The van der Waals surface area contributed by atoms with Crippen molar-refractivity contribution in [1.82, 2.24) is 9.55 Å². The van der Waals surface area contributed by atoms with Crippen molar-refractivity contribution >= 4 is 0 Å². The minimum Gasteiger partial charge on any atom is -0.394 e. The lowest BCUT2D eigenvalue weighted by Crippen LogP contribution is -2.45. The largest absolute Gasteiger partial charge is 0.394 e. The minimum absolute atomic E-state index is 0.517. The number of aliphatic hydroxyl groups is 2. The number of ether oxygens (including phenoxy) is 1. The van der Waals surface area contributed by atoms with E-state index in [1.807, 2.05) is 4.98 Å². The fraction of sp³-hybridized carbons (Fsp3) is 0.500. The Morgan fingerprint density at radius 3 is 2.90 bits per heavy atom. The first kappa shape index (κ1) is 12.7. The van der Waals surface area contributed by atoms with E-state index >= 15 is 4.39 Å². The number of hydrogen-bond acceptors (Lipinski definition) is 5. The number of alkyl halides is 2. The van der Waals surface area contributed by atoms with E-state index in [4.69, 9.17) is 7.48 Å². The van der Waals surface area contributed by atoms with Gasteiger partial charge in [0.05, 0.1) is 9.30 Å². The first-order valence-corrected chi connectivity index (χ1v) is 5.73. The van der Waals surface area contributed by atoms with E-state index in [2.05, 4.69) is 0 Å². The number of rotatable bonds is 2. The summed E-state index contributed by atoms with van der Waals surface area (Å²) in [4.78, 5) is 24.6. The summed E-state index contributed by atoms with van der Waals surface area (Å²) < 4.78 is 47.0. The first-order valence-electron chi connectivity index (χ1n) is 6.73. The van der Waals surface area contributed by atoms with Crippen molar-refractivity contribution in [2.75, 3.05) is 13.2 Å². The number of nitrogens with zero attached hydrogens (tertiary/aromatic N) is 1. The number of H-pyrrole nitrogens is 1. The zero-order valence-corrected chi connectivity index (χ0v) is 10.4. The number of nitrogens with one attached hydrogen (secondary N) is 1. The third kappa shape index (κ3) is 2.61. The molecule has 9 heteroatoms. The summed E-state index contributed by atoms with van der Waals surface area (Å²) in [6, 6.07) is 0.862. The van der Waals surface area contributed by atoms with Crippen LogP contribution in [0.3, 0.4) is 0 Å². The summed E-state index contributed by atoms with van der Waals surface area (Å²) in [5, 5.41) is 19.3. The monoisotopic (exact) mass is 304 g/mol. The molecule has 1 unspecified atom stereocenters. The van der Waals surface area contributed by atoms with Gasteiger partial charge in [0.25, 0.3) is 5.56 Å². The summed E-state index contributed by atoms with van der Waals surface area (Å²) in [5.41, 5.74) is -4.98. The summed E-state index contributed by atoms with van der Waals surface area (Å²) >= 11 is 0. The Morgan fingerprint density at radius 2 is 2.33 bits per heavy atom. The Balaban J connectivity index is 2.59. The molecule has 3 N–H and O–H groups in total. The molecule has 1 aliphatic rings. The van der Waals surface area contributed by atoms with E-state index in [1.54, 1.807) is 11.8 Å². The predicted molar refractivity (Wildman–Crippen MR) is 65.9 cm³/mol. The second-order valence-corrected chi connectivity index (χ2v) is 4.20. The standard InChI is InChI=1S/C12H12F2N2O5/c13-4-1-3-12(14)9(19)7(6-17)21-10(12)16-5-2-8(18)15-11(16)20/h2,5,7,9-10,17,19H,4,6H2,(H,15,18,20)/t7-,9+,10-,12?/m1/s1/i6D2. The van der Waals surface area contributed by atoms with Crippen LogP contribution in [0.25, 0.3) is 0 Å². The molecule has 7 nitrogen and oxygen atoms in total. The molecule has 1 aliphatic heterocycles. The Kier molecular flexibility index (Phi) is 3.49. The topological polar surface area (TPSA) is 105 Å². The molecule has 4 atom stereocenters. The van der Waals surface area contributed by atoms with Gasteiger partial charge in [-0.3, -0.25) is 14.3 Å². The average Bonchev–Trinajstić information content (AvgIpc) is 2.70. The molecule has 0 aromatic carbocycles. The summed E-state index contributed by atoms with van der Waals surface area (Å²) in [6.45, 7) is -4.42. The van der Waals surface area contributed by atoms with Gasteiger partial charge < -0.3 is 14.9 Å². The van der Waals surface area contributed by atoms with Gasteiger partial charge >= 0.3 is 5.69 Å². The van der Waals surface area contributed by atoms with E-state index in [9.17, 15) is 24.2 Å². The molecule has 2 rings (SSSR count). The fourth-order valence-corrected chi connectivity index (χ4v) is 1.96. The molecule has 1 saturated heterocycles. The number of halogens is 2. The van der Waals surface area contributed by atoms with Crippen molar-refractivity contribution in [2.24, 2.45) is 0 Å². The molecule has 1 fully saturated rings. The zero-order valence-electron chi connectivity index (χ0n) is 12.4. The Hall–Kier alpha value is -2.02. The first-order chi connectivity index (χ1) is 10.6. The van der Waals surface area contributed by atoms with E-state index in [0.29, 0.717) is 4.57 Å². The van der Waals surface area contributed by atoms with Crippen molar-refractivity contribution < 1.29 is 26.5 Å². The van der Waals surface area contributed by atoms with E-state index in [-0.39, 0.29) is 0 Å². The van der Waals surface area contributed by atoms with Crippen LogP contribution in [0.1, 0.15) is 8.97 Å². The van der Waals surface area contributed by atoms with E-state index in [0.717, 1.165) is 12.3 Å². The Bertz CT molecular complexity index is 765. The number of aromatic amines is 1. The fourth-order valence-electron chi connectivity index (χ4n) is 1.96. The van der Waals surface area contributed by atoms with Crippen molar-refractivity contribution in [3.63, 3.8) is 0 Å². The van der Waals surface area contributed by atoms with Gasteiger partial charge in [-0.2, -0.15) is 0 Å². The summed E-state index contributed by atoms with van der Waals surface area (Å²) in [5.74, 6) is 3.49. The zero-order chi connectivity index (χ0) is 17.4. The van der Waals surface area contributed by atoms with Gasteiger partial charge in [-0.1, -0.05) is 11.8 Å². The summed E-state index contributed by atoms with van der Waals surface area (Å²) in [6.07, 6.45) is -5.57. The second kappa shape index (κ2) is 5.77. The lowest BCUT2D eigenvalue weighted by molar-refractivity contribution is -0.0543. The Labute approximate surface area is 119 Å². The number of aromatic nitrogens is 2. The van der Waals surface area contributed by atoms with Crippen LogP contribution in [-0.2, 0) is 4.74 Å². The van der Waals surface area contributed by atoms with Gasteiger partial charge in [-0.05, 0) is 0 Å². The smallest absolute Gasteiger partial charge is 0.330 e. The second-order valence-electron chi connectivity index (χ2n) is 4.20. The van der Waals surface area contributed by atoms with Crippen molar-refractivity contribution in [3.05, 3.63) is 33.1 Å². The van der Waals surface area contributed by atoms with Crippen LogP contribution in [0.4, 0.5) is 8.78 Å². The van der Waals surface area contributed by atoms with Gasteiger partial charge in [-0.15, -0.1) is 0 Å². The third-order valence-corrected chi connectivity index (χ3v) is 2.93. The van der Waals surface area contributed by atoms with E-state index < -0.39 is 48.6 Å². The van der Waals surface area contributed by atoms with Crippen LogP contribution < -0.4 is 11.2 Å². The van der Waals surface area contributed by atoms with Crippen LogP contribution in [0.15, 0.2) is 21.9 Å². The Morgan fingerprint density at radius 1 is 1.62 bits per heavy atom. The third-order valence-electron chi connectivity index (χ3n) is 2.93. The molecule has 0 saturated carbocycles. The molecule has 0 radical (unpaired) electrons. The predicted octanol–water partition coefficient (Wildman–Crippen LogP) is -1.53. The molecular weight excluding hydrogens is 290 g/mol. The molecule has 21 heavy (non-hydrogen) atoms. The lowest BCUT2D eigenvalue weighted by Gasteiger charge is -2.23. The molecule has 114 valence electrons. The molecule has 0 bridgehead atoms. The molecule has 0 aliphatic carbocycles. The van der Waals surface area contributed by atoms with Crippen LogP contribution in [0, 0.1) is 11.8 Å². The molecule has 0 amide bonds. The molecule has 1 aromatic rings. The number of aliphatic hydroxyl groups excluding tert-OH is 1. The van der Waals surface area contributed by atoms with Gasteiger partial charge in [0.1, 0.15) is 18.9 Å². The minimum atomic E-state index is -3.16. The summed E-state index contributed by atoms with van der Waals surface area (Å²) in [7, 11) is 0. The van der Waals surface area contributed by atoms with E-state index in [1.165, 1.54) is 0 Å². The number of hydrogen-bond donors (Lipinski definition) is 3. The van der Waals surface area contributed by atoms with Gasteiger partial charge in [0.2, 0.25) is 5.67 Å². The quantitative estimate of drug-likeness (QED) is 0.575. The molecular formula is C12H12F2N2O5. The van der Waals surface area contributed by atoms with Crippen molar-refractivity contribution in [1.29, 1.82) is 0 Å². The maximum Gasteiger partial charge on any atom is 0.330 e. The molecule has 0 spiro atoms. The van der Waals surface area contributed by atoms with Gasteiger partial charge in [0, 0.05) is 12.3 Å².